The summed E-state index contributed by atoms with van der Waals surface area (Å²) in [6, 6.07) is -0.0879. The molecule has 1 rings (SSSR count). The first-order valence-corrected chi connectivity index (χ1v) is 7.19. The van der Waals surface area contributed by atoms with E-state index in [9.17, 15) is 18.5 Å². The number of hydrogen-bond donors (Lipinski definition) is 2. The maximum Gasteiger partial charge on any atom is 0.410 e. The van der Waals surface area contributed by atoms with E-state index >= 15 is 0 Å². The van der Waals surface area contributed by atoms with Crippen molar-refractivity contribution in [2.24, 2.45) is 0 Å². The van der Waals surface area contributed by atoms with Crippen LogP contribution in [0.1, 0.15) is 13.8 Å². The third kappa shape index (κ3) is 3.72. The second-order valence-electron chi connectivity index (χ2n) is 3.97. The summed E-state index contributed by atoms with van der Waals surface area (Å²) in [7, 11) is -2.25. The molecule has 19 heavy (non-hydrogen) atoms. The van der Waals surface area contributed by atoms with Gasteiger partial charge in [-0.25, -0.2) is 13.1 Å². The Morgan fingerprint density at radius 1 is 1.58 bits per heavy atom. The van der Waals surface area contributed by atoms with Crippen molar-refractivity contribution in [3.8, 4) is 0 Å². The molecule has 0 amide bonds. The standard InChI is InChI=1S/C9H17N5O4S/c1-4-13-6-8(9(12-13)14(15)16)19(17,18)11-5-7(2)10-3/h6-7,10-11H,4-5H2,1-3H3. The fourth-order valence-corrected chi connectivity index (χ4v) is 2.53. The second-order valence-corrected chi connectivity index (χ2v) is 5.71. The number of aryl methyl sites for hydroxylation is 1. The Morgan fingerprint density at radius 2 is 2.21 bits per heavy atom. The monoisotopic (exact) mass is 291 g/mol. The van der Waals surface area contributed by atoms with Gasteiger partial charge in [0.1, 0.15) is 0 Å². The highest BCUT2D eigenvalue weighted by atomic mass is 32.2. The van der Waals surface area contributed by atoms with Gasteiger partial charge < -0.3 is 15.4 Å². The first kappa shape index (κ1) is 15.5. The van der Waals surface area contributed by atoms with Crippen LogP contribution in [0.4, 0.5) is 5.82 Å². The molecule has 0 spiro atoms. The van der Waals surface area contributed by atoms with Crippen molar-refractivity contribution in [3.63, 3.8) is 0 Å². The Labute approximate surface area is 111 Å². The molecule has 0 aliphatic rings. The first-order valence-electron chi connectivity index (χ1n) is 5.70. The average molecular weight is 291 g/mol. The molecule has 1 aromatic rings. The maximum atomic E-state index is 12.0. The fraction of sp³-hybridized carbons (Fsp3) is 0.667. The predicted molar refractivity (Wildman–Crippen MR) is 68.3 cm³/mol. The molecule has 0 fully saturated rings. The minimum absolute atomic E-state index is 0.0879. The topological polar surface area (TPSA) is 119 Å². The lowest BCUT2D eigenvalue weighted by Gasteiger charge is -2.10. The maximum absolute atomic E-state index is 12.0. The lowest BCUT2D eigenvalue weighted by atomic mass is 10.4. The minimum atomic E-state index is -3.95. The average Bonchev–Trinajstić information content (AvgIpc) is 2.81. The number of likely N-dealkylation sites (N-methyl/N-ethyl adjacent to an activating group) is 1. The summed E-state index contributed by atoms with van der Waals surface area (Å²) in [6.07, 6.45) is 1.16. The Kier molecular flexibility index (Phi) is 4.97. The second kappa shape index (κ2) is 6.08. The van der Waals surface area contributed by atoms with E-state index in [1.165, 1.54) is 4.68 Å². The third-order valence-electron chi connectivity index (χ3n) is 2.57. The van der Waals surface area contributed by atoms with Gasteiger partial charge in [-0.2, -0.15) is 4.68 Å². The van der Waals surface area contributed by atoms with Crippen LogP contribution in [-0.2, 0) is 16.6 Å². The van der Waals surface area contributed by atoms with Crippen molar-refractivity contribution in [1.82, 2.24) is 19.8 Å². The van der Waals surface area contributed by atoms with Crippen LogP contribution in [0.25, 0.3) is 0 Å². The molecule has 0 bridgehead atoms. The lowest BCUT2D eigenvalue weighted by Crippen LogP contribution is -2.37. The van der Waals surface area contributed by atoms with E-state index in [1.54, 1.807) is 20.9 Å². The molecule has 108 valence electrons. The normalized spacial score (nSPS) is 13.4. The van der Waals surface area contributed by atoms with Crippen LogP contribution >= 0.6 is 0 Å². The highest BCUT2D eigenvalue weighted by Crippen LogP contribution is 2.21. The van der Waals surface area contributed by atoms with Crippen LogP contribution in [0.15, 0.2) is 11.1 Å². The van der Waals surface area contributed by atoms with E-state index in [4.69, 9.17) is 0 Å². The summed E-state index contributed by atoms with van der Waals surface area (Å²) in [4.78, 5) is 9.60. The van der Waals surface area contributed by atoms with Gasteiger partial charge in [-0.3, -0.25) is 0 Å². The van der Waals surface area contributed by atoms with Crippen LogP contribution in [0.3, 0.4) is 0 Å². The van der Waals surface area contributed by atoms with E-state index in [0.29, 0.717) is 6.54 Å². The number of hydrogen-bond acceptors (Lipinski definition) is 6. The quantitative estimate of drug-likeness (QED) is 0.525. The van der Waals surface area contributed by atoms with Crippen molar-refractivity contribution in [2.45, 2.75) is 31.3 Å². The van der Waals surface area contributed by atoms with Gasteiger partial charge in [0.15, 0.2) is 0 Å². The zero-order valence-electron chi connectivity index (χ0n) is 11.0. The van der Waals surface area contributed by atoms with Crippen molar-refractivity contribution < 1.29 is 13.3 Å². The molecule has 1 heterocycles. The van der Waals surface area contributed by atoms with Crippen LogP contribution in [0.5, 0.6) is 0 Å². The third-order valence-corrected chi connectivity index (χ3v) is 3.98. The van der Waals surface area contributed by atoms with Gasteiger partial charge in [0.05, 0.1) is 17.8 Å². The summed E-state index contributed by atoms with van der Waals surface area (Å²) in [5, 5.41) is 17.3. The van der Waals surface area contributed by atoms with Gasteiger partial charge in [-0.05, 0) is 25.8 Å². The van der Waals surface area contributed by atoms with Crippen LogP contribution < -0.4 is 10.0 Å². The number of nitrogens with one attached hydrogen (secondary N) is 2. The molecule has 0 saturated carbocycles. The van der Waals surface area contributed by atoms with E-state index < -0.39 is 25.7 Å². The van der Waals surface area contributed by atoms with Gasteiger partial charge in [0, 0.05) is 12.6 Å². The van der Waals surface area contributed by atoms with E-state index in [-0.39, 0.29) is 12.6 Å². The minimum Gasteiger partial charge on any atom is -0.358 e. The SMILES string of the molecule is CCn1cc(S(=O)(=O)NCC(C)NC)c([N+](=O)[O-])n1. The van der Waals surface area contributed by atoms with E-state index in [2.05, 4.69) is 15.1 Å². The van der Waals surface area contributed by atoms with Gasteiger partial charge in [0.25, 0.3) is 10.0 Å². The van der Waals surface area contributed by atoms with Crippen molar-refractivity contribution in [1.29, 1.82) is 0 Å². The summed E-state index contributed by atoms with van der Waals surface area (Å²) >= 11 is 0. The molecule has 0 aliphatic carbocycles. The smallest absolute Gasteiger partial charge is 0.358 e. The lowest BCUT2D eigenvalue weighted by molar-refractivity contribution is -0.392. The molecule has 1 unspecified atom stereocenters. The van der Waals surface area contributed by atoms with Crippen molar-refractivity contribution >= 4 is 15.8 Å². The molecule has 0 aromatic carbocycles. The summed E-state index contributed by atoms with van der Waals surface area (Å²) in [5.74, 6) is -0.661. The van der Waals surface area contributed by atoms with Crippen LogP contribution in [0, 0.1) is 10.1 Å². The number of aromatic nitrogens is 2. The Morgan fingerprint density at radius 3 is 2.68 bits per heavy atom. The van der Waals surface area contributed by atoms with Gasteiger partial charge in [-0.1, -0.05) is 0 Å². The number of nitrogens with zero attached hydrogens (tertiary/aromatic N) is 3. The highest BCUT2D eigenvalue weighted by molar-refractivity contribution is 7.89. The number of sulfonamides is 1. The predicted octanol–water partition coefficient (Wildman–Crippen LogP) is -0.303. The molecule has 10 heteroatoms. The Balaban J connectivity index is 3.06. The van der Waals surface area contributed by atoms with E-state index in [1.807, 2.05) is 0 Å². The molecule has 0 saturated heterocycles. The van der Waals surface area contributed by atoms with Crippen LogP contribution in [0.2, 0.25) is 0 Å². The molecular weight excluding hydrogens is 274 g/mol. The molecule has 9 nitrogen and oxygen atoms in total. The summed E-state index contributed by atoms with van der Waals surface area (Å²) < 4.78 is 27.5. The molecule has 1 atom stereocenters. The number of nitro groups is 1. The molecule has 2 N–H and O–H groups in total. The van der Waals surface area contributed by atoms with Gasteiger partial charge >= 0.3 is 5.82 Å². The van der Waals surface area contributed by atoms with Gasteiger partial charge in [0.2, 0.25) is 4.90 Å². The Hall–Kier alpha value is -1.52. The van der Waals surface area contributed by atoms with Crippen molar-refractivity contribution in [3.05, 3.63) is 16.3 Å². The van der Waals surface area contributed by atoms with Crippen molar-refractivity contribution in [2.75, 3.05) is 13.6 Å². The summed E-state index contributed by atoms with van der Waals surface area (Å²) in [5.41, 5.74) is 0. The van der Waals surface area contributed by atoms with Gasteiger partial charge in [-0.15, -0.1) is 0 Å². The zero-order chi connectivity index (χ0) is 14.6. The molecule has 0 aliphatic heterocycles. The Bertz CT molecular complexity index is 553. The molecular formula is C9H17N5O4S. The van der Waals surface area contributed by atoms with Crippen LogP contribution in [-0.4, -0.2) is 42.8 Å². The largest absolute Gasteiger partial charge is 0.410 e. The summed E-state index contributed by atoms with van der Waals surface area (Å²) in [6.45, 7) is 3.98. The van der Waals surface area contributed by atoms with E-state index in [0.717, 1.165) is 6.20 Å². The zero-order valence-corrected chi connectivity index (χ0v) is 11.8. The first-order chi connectivity index (χ1) is 8.81. The molecule has 0 radical (unpaired) electrons. The highest BCUT2D eigenvalue weighted by Gasteiger charge is 2.30. The number of rotatable bonds is 7. The fourth-order valence-electron chi connectivity index (χ4n) is 1.29. The molecule has 1 aromatic heterocycles.